The molecule has 0 radical (unpaired) electrons. The van der Waals surface area contributed by atoms with Gasteiger partial charge in [-0.3, -0.25) is 0 Å². The Labute approximate surface area is 121 Å². The Hall–Kier alpha value is 0.0969. The van der Waals surface area contributed by atoms with E-state index >= 15 is 0 Å². The predicted molar refractivity (Wildman–Crippen MR) is 83.3 cm³/mol. The topological polar surface area (TPSA) is 27.7 Å². The van der Waals surface area contributed by atoms with Gasteiger partial charge in [-0.2, -0.15) is 0 Å². The van der Waals surface area contributed by atoms with Crippen molar-refractivity contribution in [2.24, 2.45) is 5.92 Å². The first-order valence-corrected chi connectivity index (χ1v) is 9.71. The normalized spacial score (nSPS) is 13.3. The van der Waals surface area contributed by atoms with E-state index < -0.39 is 8.80 Å². The lowest BCUT2D eigenvalue weighted by molar-refractivity contribution is -0.0000394. The summed E-state index contributed by atoms with van der Waals surface area (Å²) in [5.74, 6) is 0.614. The number of hydrogen-bond acceptors (Lipinski definition) is 3. The van der Waals surface area contributed by atoms with Gasteiger partial charge in [-0.05, 0) is 47.5 Å². The molecule has 19 heavy (non-hydrogen) atoms. The Bertz CT molecular complexity index is 199. The van der Waals surface area contributed by atoms with Crippen LogP contribution in [-0.2, 0) is 13.3 Å². The first kappa shape index (κ1) is 19.1. The first-order valence-electron chi connectivity index (χ1n) is 7.78. The molecule has 0 rings (SSSR count). The molecule has 0 unspecified atom stereocenters. The molecule has 0 aliphatic carbocycles. The lowest BCUT2D eigenvalue weighted by Crippen LogP contribution is -2.51. The maximum Gasteiger partial charge on any atom is 0.501 e. The van der Waals surface area contributed by atoms with Crippen LogP contribution >= 0.6 is 0 Å². The third-order valence-corrected chi connectivity index (χ3v) is 6.51. The van der Waals surface area contributed by atoms with Gasteiger partial charge in [0.1, 0.15) is 0 Å². The molecule has 4 heteroatoms. The third kappa shape index (κ3) is 8.08. The summed E-state index contributed by atoms with van der Waals surface area (Å²) in [4.78, 5) is 0. The molecule has 0 aliphatic heterocycles. The molecule has 0 heterocycles. The van der Waals surface area contributed by atoms with Crippen LogP contribution in [0.25, 0.3) is 0 Å². The van der Waals surface area contributed by atoms with Crippen LogP contribution in [0.15, 0.2) is 0 Å². The zero-order valence-electron chi connectivity index (χ0n) is 14.2. The highest BCUT2D eigenvalue weighted by molar-refractivity contribution is 6.61. The van der Waals surface area contributed by atoms with Gasteiger partial charge in [0.25, 0.3) is 0 Å². The van der Waals surface area contributed by atoms with E-state index in [4.69, 9.17) is 13.3 Å². The average molecular weight is 291 g/mol. The van der Waals surface area contributed by atoms with Crippen LogP contribution in [0.5, 0.6) is 0 Å². The van der Waals surface area contributed by atoms with Gasteiger partial charge in [0.2, 0.25) is 0 Å². The van der Waals surface area contributed by atoms with Gasteiger partial charge in [-0.15, -0.1) is 0 Å². The van der Waals surface area contributed by atoms with Crippen molar-refractivity contribution in [2.75, 3.05) is 0 Å². The second-order valence-electron chi connectivity index (χ2n) is 6.07. The molecule has 0 bridgehead atoms. The summed E-state index contributed by atoms with van der Waals surface area (Å²) in [6, 6.07) is 0.925. The standard InChI is InChI=1S/C15H34O3Si/c1-9-15(10-2)11-19(16-12(3)4,17-13(5)6)18-14(7)8/h12-15H,9-11H2,1-8H3. The second-order valence-corrected chi connectivity index (χ2v) is 8.55. The molecule has 0 aromatic rings. The van der Waals surface area contributed by atoms with Crippen LogP contribution in [0.3, 0.4) is 0 Å². The minimum atomic E-state index is -2.59. The largest absolute Gasteiger partial charge is 0.501 e. The van der Waals surface area contributed by atoms with Crippen LogP contribution in [0, 0.1) is 5.92 Å². The van der Waals surface area contributed by atoms with Gasteiger partial charge in [-0.1, -0.05) is 26.7 Å². The van der Waals surface area contributed by atoms with Crippen LogP contribution in [-0.4, -0.2) is 27.1 Å². The molecule has 116 valence electrons. The predicted octanol–water partition coefficient (Wildman–Crippen LogP) is 4.64. The molecule has 0 aromatic heterocycles. The average Bonchev–Trinajstić information content (AvgIpc) is 2.22. The van der Waals surface area contributed by atoms with Gasteiger partial charge in [0.15, 0.2) is 0 Å². The van der Waals surface area contributed by atoms with Gasteiger partial charge in [0.05, 0.1) is 0 Å². The van der Waals surface area contributed by atoms with Crippen LogP contribution in [0.2, 0.25) is 6.04 Å². The number of rotatable bonds is 10. The molecule has 0 atom stereocenters. The van der Waals surface area contributed by atoms with Crippen molar-refractivity contribution in [1.82, 2.24) is 0 Å². The van der Waals surface area contributed by atoms with E-state index in [1.807, 2.05) is 0 Å². The summed E-state index contributed by atoms with van der Waals surface area (Å²) in [6.45, 7) is 16.8. The minimum absolute atomic E-state index is 0.138. The number of hydrogen-bond donors (Lipinski definition) is 0. The third-order valence-electron chi connectivity index (χ3n) is 2.94. The molecule has 0 aromatic carbocycles. The maximum atomic E-state index is 6.19. The zero-order chi connectivity index (χ0) is 15.1. The van der Waals surface area contributed by atoms with Gasteiger partial charge in [-0.25, -0.2) is 0 Å². The Morgan fingerprint density at radius 1 is 0.684 bits per heavy atom. The van der Waals surface area contributed by atoms with E-state index in [9.17, 15) is 0 Å². The fourth-order valence-electron chi connectivity index (χ4n) is 2.24. The fraction of sp³-hybridized carbons (Fsp3) is 1.00. The minimum Gasteiger partial charge on any atom is -0.371 e. The van der Waals surface area contributed by atoms with E-state index in [1.54, 1.807) is 0 Å². The summed E-state index contributed by atoms with van der Waals surface area (Å²) < 4.78 is 18.6. The molecule has 0 spiro atoms. The van der Waals surface area contributed by atoms with E-state index in [1.165, 1.54) is 0 Å². The summed E-state index contributed by atoms with van der Waals surface area (Å²) in [7, 11) is -2.59. The highest BCUT2D eigenvalue weighted by Gasteiger charge is 2.45. The highest BCUT2D eigenvalue weighted by atomic mass is 28.4. The van der Waals surface area contributed by atoms with Crippen LogP contribution < -0.4 is 0 Å². The highest BCUT2D eigenvalue weighted by Crippen LogP contribution is 2.29. The summed E-state index contributed by atoms with van der Waals surface area (Å²) in [5, 5.41) is 0. The molecular formula is C15H34O3Si. The van der Waals surface area contributed by atoms with Gasteiger partial charge >= 0.3 is 8.80 Å². The molecule has 0 amide bonds. The van der Waals surface area contributed by atoms with Gasteiger partial charge in [0, 0.05) is 24.4 Å². The van der Waals surface area contributed by atoms with Crippen molar-refractivity contribution >= 4 is 8.80 Å². The molecule has 0 saturated heterocycles. The molecule has 0 aliphatic rings. The summed E-state index contributed by atoms with van der Waals surface area (Å²) in [5.41, 5.74) is 0. The van der Waals surface area contributed by atoms with Crippen molar-refractivity contribution in [3.63, 3.8) is 0 Å². The maximum absolute atomic E-state index is 6.19. The zero-order valence-corrected chi connectivity index (χ0v) is 15.2. The Kier molecular flexibility index (Phi) is 9.16. The monoisotopic (exact) mass is 290 g/mol. The van der Waals surface area contributed by atoms with Crippen molar-refractivity contribution in [2.45, 2.75) is 92.6 Å². The Morgan fingerprint density at radius 3 is 1.21 bits per heavy atom. The Morgan fingerprint density at radius 2 is 1.00 bits per heavy atom. The van der Waals surface area contributed by atoms with Gasteiger partial charge < -0.3 is 13.3 Å². The molecule has 0 N–H and O–H groups in total. The van der Waals surface area contributed by atoms with Crippen molar-refractivity contribution in [3.8, 4) is 0 Å². The lowest BCUT2D eigenvalue weighted by Gasteiger charge is -2.36. The molecule has 3 nitrogen and oxygen atoms in total. The van der Waals surface area contributed by atoms with E-state index in [-0.39, 0.29) is 18.3 Å². The van der Waals surface area contributed by atoms with E-state index in [2.05, 4.69) is 55.4 Å². The summed E-state index contributed by atoms with van der Waals surface area (Å²) >= 11 is 0. The second kappa shape index (κ2) is 9.11. The van der Waals surface area contributed by atoms with Crippen molar-refractivity contribution in [3.05, 3.63) is 0 Å². The van der Waals surface area contributed by atoms with Crippen LogP contribution in [0.4, 0.5) is 0 Å². The first-order chi connectivity index (χ1) is 8.74. The summed E-state index contributed by atoms with van der Waals surface area (Å²) in [6.07, 6.45) is 2.71. The molecule has 0 saturated carbocycles. The van der Waals surface area contributed by atoms with E-state index in [0.717, 1.165) is 18.9 Å². The lowest BCUT2D eigenvalue weighted by atomic mass is 10.1. The van der Waals surface area contributed by atoms with Crippen molar-refractivity contribution in [1.29, 1.82) is 0 Å². The van der Waals surface area contributed by atoms with E-state index in [0.29, 0.717) is 5.92 Å². The smallest absolute Gasteiger partial charge is 0.371 e. The molecular weight excluding hydrogens is 256 g/mol. The SMILES string of the molecule is CCC(CC)C[Si](OC(C)C)(OC(C)C)OC(C)C. The quantitative estimate of drug-likeness (QED) is 0.549. The molecule has 0 fully saturated rings. The Balaban J connectivity index is 5.08. The fourth-order valence-corrected chi connectivity index (χ4v) is 6.13. The van der Waals surface area contributed by atoms with Crippen molar-refractivity contribution < 1.29 is 13.3 Å². The van der Waals surface area contributed by atoms with Crippen LogP contribution in [0.1, 0.15) is 68.2 Å².